The molecule has 0 radical (unpaired) electrons. The fourth-order valence-corrected chi connectivity index (χ4v) is 1.10. The first-order valence-corrected chi connectivity index (χ1v) is 4.35. The van der Waals surface area contributed by atoms with Crippen LogP contribution in [-0.4, -0.2) is 17.4 Å². The second-order valence-corrected chi connectivity index (χ2v) is 2.98. The number of carboxylic acid groups (broad SMARTS) is 1. The smallest absolute Gasteiger partial charge is 0.478 e. The quantitative estimate of drug-likeness (QED) is 0.634. The lowest BCUT2D eigenvalue weighted by Gasteiger charge is -2.13. The molecule has 0 bridgehead atoms. The Bertz CT molecular complexity index is 455. The first kappa shape index (κ1) is 12.9. The third-order valence-corrected chi connectivity index (χ3v) is 1.70. The van der Waals surface area contributed by atoms with Gasteiger partial charge in [-0.3, -0.25) is 0 Å². The van der Waals surface area contributed by atoms with Crippen LogP contribution in [0.4, 0.5) is 18.9 Å². The van der Waals surface area contributed by atoms with Crippen LogP contribution in [0, 0.1) is 0 Å². The van der Waals surface area contributed by atoms with Gasteiger partial charge < -0.3 is 15.6 Å². The van der Waals surface area contributed by atoms with Gasteiger partial charge >= 0.3 is 12.3 Å². The van der Waals surface area contributed by atoms with E-state index in [1.165, 1.54) is 18.2 Å². The SMILES string of the molecule is Nc1cccc(/C=C/C(=O)O)c1OC(F)(F)F. The van der Waals surface area contributed by atoms with Crippen LogP contribution < -0.4 is 10.5 Å². The van der Waals surface area contributed by atoms with Crippen LogP contribution >= 0.6 is 0 Å². The van der Waals surface area contributed by atoms with Crippen molar-refractivity contribution in [1.29, 1.82) is 0 Å². The number of aliphatic carboxylic acids is 1. The number of carboxylic acids is 1. The van der Waals surface area contributed by atoms with E-state index in [9.17, 15) is 18.0 Å². The monoisotopic (exact) mass is 247 g/mol. The topological polar surface area (TPSA) is 72.6 Å². The van der Waals surface area contributed by atoms with Crippen LogP contribution in [0.25, 0.3) is 6.08 Å². The molecule has 0 saturated carbocycles. The number of benzene rings is 1. The average molecular weight is 247 g/mol. The molecule has 1 aromatic carbocycles. The molecular formula is C10H8F3NO3. The number of halogens is 3. The summed E-state index contributed by atoms with van der Waals surface area (Å²) >= 11 is 0. The van der Waals surface area contributed by atoms with E-state index in [1.54, 1.807) is 0 Å². The van der Waals surface area contributed by atoms with Crippen LogP contribution in [0.15, 0.2) is 24.3 Å². The first-order valence-electron chi connectivity index (χ1n) is 4.35. The van der Waals surface area contributed by atoms with Crippen LogP contribution in [0.2, 0.25) is 0 Å². The van der Waals surface area contributed by atoms with Gasteiger partial charge in [0.15, 0.2) is 5.75 Å². The number of hydrogen-bond donors (Lipinski definition) is 2. The molecule has 4 nitrogen and oxygen atoms in total. The normalized spacial score (nSPS) is 11.7. The van der Waals surface area contributed by atoms with E-state index in [4.69, 9.17) is 10.8 Å². The minimum Gasteiger partial charge on any atom is -0.478 e. The molecule has 1 rings (SSSR count). The van der Waals surface area contributed by atoms with E-state index < -0.39 is 18.1 Å². The summed E-state index contributed by atoms with van der Waals surface area (Å²) in [5, 5.41) is 8.39. The fraction of sp³-hybridized carbons (Fsp3) is 0.100. The maximum atomic E-state index is 12.1. The molecule has 0 aliphatic carbocycles. The maximum Gasteiger partial charge on any atom is 0.573 e. The molecule has 0 fully saturated rings. The molecule has 3 N–H and O–H groups in total. The molecule has 7 heteroatoms. The van der Waals surface area contributed by atoms with E-state index in [0.717, 1.165) is 6.08 Å². The largest absolute Gasteiger partial charge is 0.573 e. The molecule has 0 heterocycles. The van der Waals surface area contributed by atoms with Crippen molar-refractivity contribution >= 4 is 17.7 Å². The van der Waals surface area contributed by atoms with Crippen molar-refractivity contribution in [3.05, 3.63) is 29.8 Å². The summed E-state index contributed by atoms with van der Waals surface area (Å²) in [5.41, 5.74) is 5.04. The standard InChI is InChI=1S/C10H8F3NO3/c11-10(12,13)17-9-6(4-5-8(15)16)2-1-3-7(9)14/h1-5H,14H2,(H,15,16)/b5-4+. The highest BCUT2D eigenvalue weighted by molar-refractivity contribution is 5.86. The zero-order valence-electron chi connectivity index (χ0n) is 8.36. The number of ether oxygens (including phenoxy) is 1. The van der Waals surface area contributed by atoms with Gasteiger partial charge in [-0.1, -0.05) is 12.1 Å². The van der Waals surface area contributed by atoms with Crippen LogP contribution in [0.3, 0.4) is 0 Å². The minimum absolute atomic E-state index is 0.0651. The van der Waals surface area contributed by atoms with Crippen molar-refractivity contribution in [2.24, 2.45) is 0 Å². The van der Waals surface area contributed by atoms with Gasteiger partial charge in [0.25, 0.3) is 0 Å². The molecule has 0 saturated heterocycles. The summed E-state index contributed by atoms with van der Waals surface area (Å²) in [4.78, 5) is 10.3. The molecule has 92 valence electrons. The lowest BCUT2D eigenvalue weighted by atomic mass is 10.1. The third-order valence-electron chi connectivity index (χ3n) is 1.70. The Labute approximate surface area is 94.1 Å². The highest BCUT2D eigenvalue weighted by atomic mass is 19.4. The number of nitrogens with two attached hydrogens (primary N) is 1. The molecule has 0 aromatic heterocycles. The molecular weight excluding hydrogens is 239 g/mol. The van der Waals surface area contributed by atoms with Crippen molar-refractivity contribution in [2.45, 2.75) is 6.36 Å². The summed E-state index contributed by atoms with van der Waals surface area (Å²) < 4.78 is 40.0. The third kappa shape index (κ3) is 4.06. The predicted molar refractivity (Wildman–Crippen MR) is 54.2 cm³/mol. The van der Waals surface area contributed by atoms with Crippen LogP contribution in [0.1, 0.15) is 5.56 Å². The number of anilines is 1. The average Bonchev–Trinajstić information content (AvgIpc) is 2.17. The number of alkyl halides is 3. The highest BCUT2D eigenvalue weighted by Crippen LogP contribution is 2.32. The van der Waals surface area contributed by atoms with Crippen LogP contribution in [-0.2, 0) is 4.79 Å². The number of nitrogen functional groups attached to an aromatic ring is 1. The van der Waals surface area contributed by atoms with Crippen molar-refractivity contribution in [3.8, 4) is 5.75 Å². The zero-order chi connectivity index (χ0) is 13.1. The van der Waals surface area contributed by atoms with Gasteiger partial charge in [-0.05, 0) is 12.1 Å². The summed E-state index contributed by atoms with van der Waals surface area (Å²) in [6.45, 7) is 0. The molecule has 0 aliphatic heterocycles. The molecule has 0 amide bonds. The molecule has 0 atom stereocenters. The van der Waals surface area contributed by atoms with Gasteiger partial charge in [0.2, 0.25) is 0 Å². The summed E-state index contributed by atoms with van der Waals surface area (Å²) in [7, 11) is 0. The van der Waals surface area contributed by atoms with E-state index in [-0.39, 0.29) is 11.3 Å². The van der Waals surface area contributed by atoms with Gasteiger partial charge in [-0.15, -0.1) is 13.2 Å². The van der Waals surface area contributed by atoms with Crippen molar-refractivity contribution in [2.75, 3.05) is 5.73 Å². The molecule has 0 unspecified atom stereocenters. The first-order chi connectivity index (χ1) is 7.79. The van der Waals surface area contributed by atoms with E-state index >= 15 is 0 Å². The Morgan fingerprint density at radius 3 is 2.59 bits per heavy atom. The maximum absolute atomic E-state index is 12.1. The molecule has 17 heavy (non-hydrogen) atoms. The lowest BCUT2D eigenvalue weighted by molar-refractivity contribution is -0.274. The highest BCUT2D eigenvalue weighted by Gasteiger charge is 2.32. The number of carbonyl (C=O) groups is 1. The minimum atomic E-state index is -4.89. The molecule has 0 spiro atoms. The Hall–Kier alpha value is -2.18. The van der Waals surface area contributed by atoms with Crippen LogP contribution in [0.5, 0.6) is 5.75 Å². The zero-order valence-corrected chi connectivity index (χ0v) is 8.36. The van der Waals surface area contributed by atoms with E-state index in [1.807, 2.05) is 0 Å². The molecule has 0 aliphatic rings. The van der Waals surface area contributed by atoms with Crippen molar-refractivity contribution < 1.29 is 27.8 Å². The van der Waals surface area contributed by atoms with Gasteiger partial charge in [0, 0.05) is 11.6 Å². The van der Waals surface area contributed by atoms with Crippen molar-refractivity contribution in [3.63, 3.8) is 0 Å². The lowest BCUT2D eigenvalue weighted by Crippen LogP contribution is -2.18. The second-order valence-electron chi connectivity index (χ2n) is 2.98. The van der Waals surface area contributed by atoms with Gasteiger partial charge in [-0.2, -0.15) is 0 Å². The number of para-hydroxylation sites is 1. The van der Waals surface area contributed by atoms with Crippen molar-refractivity contribution in [1.82, 2.24) is 0 Å². The Morgan fingerprint density at radius 2 is 2.06 bits per heavy atom. The Balaban J connectivity index is 3.13. The van der Waals surface area contributed by atoms with Gasteiger partial charge in [-0.25, -0.2) is 4.79 Å². The fourth-order valence-electron chi connectivity index (χ4n) is 1.10. The van der Waals surface area contributed by atoms with E-state index in [0.29, 0.717) is 6.08 Å². The summed E-state index contributed by atoms with van der Waals surface area (Å²) in [5.74, 6) is -1.90. The Morgan fingerprint density at radius 1 is 1.41 bits per heavy atom. The van der Waals surface area contributed by atoms with Gasteiger partial charge in [0.1, 0.15) is 0 Å². The summed E-state index contributed by atoms with van der Waals surface area (Å²) in [6.07, 6.45) is -3.22. The predicted octanol–water partition coefficient (Wildman–Crippen LogP) is 2.27. The molecule has 1 aromatic rings. The second kappa shape index (κ2) is 4.77. The van der Waals surface area contributed by atoms with E-state index in [2.05, 4.69) is 4.74 Å². The number of rotatable bonds is 3. The number of hydrogen-bond acceptors (Lipinski definition) is 3. The van der Waals surface area contributed by atoms with Gasteiger partial charge in [0.05, 0.1) is 5.69 Å². The summed E-state index contributed by atoms with van der Waals surface area (Å²) in [6, 6.07) is 3.87. The Kier molecular flexibility index (Phi) is 3.62.